The summed E-state index contributed by atoms with van der Waals surface area (Å²) in [5, 5.41) is 18.5. The molecule has 1 N–H and O–H groups in total. The first-order valence-electron chi connectivity index (χ1n) is 10.1. The number of nitrogens with zero attached hydrogens (tertiary/aromatic N) is 3. The van der Waals surface area contributed by atoms with Crippen LogP contribution in [-0.4, -0.2) is 26.7 Å². The minimum absolute atomic E-state index is 0.0473. The van der Waals surface area contributed by atoms with Crippen molar-refractivity contribution in [3.05, 3.63) is 91.2 Å². The van der Waals surface area contributed by atoms with Crippen LogP contribution in [0.15, 0.2) is 53.0 Å². The summed E-state index contributed by atoms with van der Waals surface area (Å²) in [5.74, 6) is -0.114. The Kier molecular flexibility index (Phi) is 7.22. The van der Waals surface area contributed by atoms with Gasteiger partial charge in [-0.3, -0.25) is 19.6 Å². The molecule has 8 heteroatoms. The minimum atomic E-state index is -0.403. The Morgan fingerprint density at radius 2 is 1.74 bits per heavy atom. The minimum Gasteiger partial charge on any atom is -0.350 e. The van der Waals surface area contributed by atoms with Gasteiger partial charge in [0.2, 0.25) is 0 Å². The second-order valence-electron chi connectivity index (χ2n) is 7.67. The van der Waals surface area contributed by atoms with Crippen LogP contribution in [0, 0.1) is 24.0 Å². The highest BCUT2D eigenvalue weighted by atomic mass is 79.9. The molecular formula is C23H25BrN4O3. The highest BCUT2D eigenvalue weighted by Crippen LogP contribution is 2.22. The molecule has 0 aliphatic carbocycles. The molecule has 1 atom stereocenters. The van der Waals surface area contributed by atoms with Crippen LogP contribution in [0.25, 0.3) is 0 Å². The second-order valence-corrected chi connectivity index (χ2v) is 8.59. The maximum Gasteiger partial charge on any atom is 0.312 e. The maximum absolute atomic E-state index is 12.5. The molecule has 162 valence electrons. The van der Waals surface area contributed by atoms with Crippen LogP contribution in [-0.2, 0) is 13.0 Å². The highest BCUT2D eigenvalue weighted by molar-refractivity contribution is 9.10. The van der Waals surface area contributed by atoms with E-state index in [2.05, 4.69) is 38.5 Å². The van der Waals surface area contributed by atoms with Crippen molar-refractivity contribution in [3.8, 4) is 0 Å². The van der Waals surface area contributed by atoms with E-state index >= 15 is 0 Å². The molecule has 0 saturated carbocycles. The van der Waals surface area contributed by atoms with Crippen molar-refractivity contribution >= 4 is 27.5 Å². The third kappa shape index (κ3) is 5.79. The second kappa shape index (κ2) is 9.87. The Balaban J connectivity index is 1.57. The van der Waals surface area contributed by atoms with Crippen molar-refractivity contribution in [1.29, 1.82) is 0 Å². The van der Waals surface area contributed by atoms with E-state index in [4.69, 9.17) is 0 Å². The highest BCUT2D eigenvalue weighted by Gasteiger charge is 2.21. The molecule has 0 bridgehead atoms. The monoisotopic (exact) mass is 484 g/mol. The lowest BCUT2D eigenvalue weighted by molar-refractivity contribution is -0.386. The fourth-order valence-corrected chi connectivity index (χ4v) is 3.72. The zero-order valence-corrected chi connectivity index (χ0v) is 19.3. The molecular weight excluding hydrogens is 460 g/mol. The molecule has 7 nitrogen and oxygen atoms in total. The van der Waals surface area contributed by atoms with Crippen LogP contribution in [0.4, 0.5) is 5.69 Å². The zero-order chi connectivity index (χ0) is 22.5. The van der Waals surface area contributed by atoms with Crippen molar-refractivity contribution in [1.82, 2.24) is 15.1 Å². The number of aryl methyl sites for hydroxylation is 2. The molecule has 31 heavy (non-hydrogen) atoms. The molecule has 1 heterocycles. The largest absolute Gasteiger partial charge is 0.350 e. The Bertz CT molecular complexity index is 1080. The average molecular weight is 485 g/mol. The van der Waals surface area contributed by atoms with Gasteiger partial charge in [-0.25, -0.2) is 0 Å². The van der Waals surface area contributed by atoms with Gasteiger partial charge in [0.1, 0.15) is 11.4 Å². The fraction of sp³-hybridized carbons (Fsp3) is 0.304. The standard InChI is InChI=1S/C23H25BrN4O3/c1-15(4-5-18-8-12-21(24)13-9-18)25-23(29)20-10-6-19(7-11-20)14-27-17(3)22(28(30)31)16(2)26-27/h6-13,15H,4-5,14H2,1-3H3,(H,25,29). The normalized spacial score (nSPS) is 11.9. The lowest BCUT2D eigenvalue weighted by atomic mass is 10.1. The maximum atomic E-state index is 12.5. The fourth-order valence-electron chi connectivity index (χ4n) is 3.45. The molecule has 0 aliphatic rings. The molecule has 0 fully saturated rings. The molecule has 3 rings (SSSR count). The van der Waals surface area contributed by atoms with Crippen LogP contribution in [0.3, 0.4) is 0 Å². The number of nitro groups is 1. The molecule has 0 saturated heterocycles. The van der Waals surface area contributed by atoms with E-state index in [1.54, 1.807) is 30.7 Å². The topological polar surface area (TPSA) is 90.1 Å². The number of carbonyl (C=O) groups is 1. The first kappa shape index (κ1) is 22.7. The first-order valence-corrected chi connectivity index (χ1v) is 10.9. The van der Waals surface area contributed by atoms with Gasteiger partial charge in [-0.2, -0.15) is 5.10 Å². The molecule has 0 spiro atoms. The van der Waals surface area contributed by atoms with Gasteiger partial charge in [0, 0.05) is 16.1 Å². The summed E-state index contributed by atoms with van der Waals surface area (Å²) in [6.07, 6.45) is 1.74. The van der Waals surface area contributed by atoms with Gasteiger partial charge in [0.15, 0.2) is 0 Å². The van der Waals surface area contributed by atoms with Gasteiger partial charge in [-0.05, 0) is 69.0 Å². The third-order valence-electron chi connectivity index (χ3n) is 5.23. The van der Waals surface area contributed by atoms with Crippen molar-refractivity contribution < 1.29 is 9.72 Å². The first-order chi connectivity index (χ1) is 14.7. The number of halogens is 1. The Morgan fingerprint density at radius 1 is 1.13 bits per heavy atom. The summed E-state index contributed by atoms with van der Waals surface area (Å²) in [4.78, 5) is 23.3. The quantitative estimate of drug-likeness (QED) is 0.360. The number of nitrogens with one attached hydrogen (secondary N) is 1. The van der Waals surface area contributed by atoms with Crippen molar-refractivity contribution in [2.75, 3.05) is 0 Å². The van der Waals surface area contributed by atoms with E-state index in [1.807, 2.05) is 31.2 Å². The van der Waals surface area contributed by atoms with Gasteiger partial charge in [-0.15, -0.1) is 0 Å². The summed E-state index contributed by atoms with van der Waals surface area (Å²) in [6, 6.07) is 15.5. The summed E-state index contributed by atoms with van der Waals surface area (Å²) in [5.41, 5.74) is 3.70. The summed E-state index contributed by atoms with van der Waals surface area (Å²) in [6.45, 7) is 5.73. The van der Waals surface area contributed by atoms with Crippen LogP contribution in [0.5, 0.6) is 0 Å². The van der Waals surface area contributed by atoms with E-state index in [1.165, 1.54) is 5.56 Å². The predicted octanol–water partition coefficient (Wildman–Crippen LogP) is 4.97. The van der Waals surface area contributed by atoms with E-state index < -0.39 is 4.92 Å². The number of hydrogen-bond donors (Lipinski definition) is 1. The van der Waals surface area contributed by atoms with Crippen LogP contribution >= 0.6 is 15.9 Å². The van der Waals surface area contributed by atoms with Crippen molar-refractivity contribution in [3.63, 3.8) is 0 Å². The number of hydrogen-bond acceptors (Lipinski definition) is 4. The van der Waals surface area contributed by atoms with Crippen molar-refractivity contribution in [2.45, 2.75) is 46.2 Å². The predicted molar refractivity (Wildman–Crippen MR) is 123 cm³/mol. The van der Waals surface area contributed by atoms with Crippen molar-refractivity contribution in [2.24, 2.45) is 0 Å². The molecule has 0 aliphatic heterocycles. The number of benzene rings is 2. The number of carbonyl (C=O) groups excluding carboxylic acids is 1. The van der Waals surface area contributed by atoms with E-state index in [9.17, 15) is 14.9 Å². The van der Waals surface area contributed by atoms with Crippen LogP contribution in [0.1, 0.15) is 46.2 Å². The van der Waals surface area contributed by atoms with Gasteiger partial charge in [-0.1, -0.05) is 40.2 Å². The lowest BCUT2D eigenvalue weighted by Crippen LogP contribution is -2.32. The average Bonchev–Trinajstić information content (AvgIpc) is 3.01. The Morgan fingerprint density at radius 3 is 2.32 bits per heavy atom. The molecule has 0 radical (unpaired) electrons. The van der Waals surface area contributed by atoms with Gasteiger partial charge in [0.05, 0.1) is 11.5 Å². The third-order valence-corrected chi connectivity index (χ3v) is 5.76. The summed E-state index contributed by atoms with van der Waals surface area (Å²) in [7, 11) is 0. The molecule has 2 aromatic carbocycles. The smallest absolute Gasteiger partial charge is 0.312 e. The van der Waals surface area contributed by atoms with E-state index in [0.717, 1.165) is 22.9 Å². The van der Waals surface area contributed by atoms with Crippen LogP contribution in [0.2, 0.25) is 0 Å². The molecule has 3 aromatic rings. The lowest BCUT2D eigenvalue weighted by Gasteiger charge is -2.14. The summed E-state index contributed by atoms with van der Waals surface area (Å²) < 4.78 is 2.67. The molecule has 1 amide bonds. The Labute approximate surface area is 189 Å². The number of aromatic nitrogens is 2. The van der Waals surface area contributed by atoms with Crippen LogP contribution < -0.4 is 5.32 Å². The van der Waals surface area contributed by atoms with Gasteiger partial charge < -0.3 is 5.32 Å². The van der Waals surface area contributed by atoms with E-state index in [-0.39, 0.29) is 17.6 Å². The number of amides is 1. The van der Waals surface area contributed by atoms with E-state index in [0.29, 0.717) is 23.5 Å². The SMILES string of the molecule is Cc1nn(Cc2ccc(C(=O)NC(C)CCc3ccc(Br)cc3)cc2)c(C)c1[N+](=O)[O-]. The number of rotatable bonds is 8. The van der Waals surface area contributed by atoms with Gasteiger partial charge >= 0.3 is 5.69 Å². The Hall–Kier alpha value is -3.00. The zero-order valence-electron chi connectivity index (χ0n) is 17.8. The molecule has 1 aromatic heterocycles. The molecule has 1 unspecified atom stereocenters. The summed E-state index contributed by atoms with van der Waals surface area (Å²) >= 11 is 3.43. The van der Waals surface area contributed by atoms with Gasteiger partial charge in [0.25, 0.3) is 5.91 Å².